The van der Waals surface area contributed by atoms with Gasteiger partial charge in [-0.1, -0.05) is 0 Å². The summed E-state index contributed by atoms with van der Waals surface area (Å²) in [4.78, 5) is 10.4. The SMILES string of the molecule is CN1CCC(CN2CCN(CC3CCN(C)CC3)CC2)CC1. The van der Waals surface area contributed by atoms with Gasteiger partial charge in [0.25, 0.3) is 0 Å². The Hall–Kier alpha value is -0.160. The summed E-state index contributed by atoms with van der Waals surface area (Å²) in [7, 11) is 4.52. The third kappa shape index (κ3) is 4.92. The summed E-state index contributed by atoms with van der Waals surface area (Å²) >= 11 is 0. The Labute approximate surface area is 137 Å². The molecule has 0 bridgehead atoms. The highest BCUT2D eigenvalue weighted by Gasteiger charge is 2.25. The molecule has 0 saturated carbocycles. The maximum atomic E-state index is 2.74. The van der Waals surface area contributed by atoms with E-state index in [0.717, 1.165) is 11.8 Å². The van der Waals surface area contributed by atoms with Gasteiger partial charge in [-0.15, -0.1) is 0 Å². The highest BCUT2D eigenvalue weighted by Crippen LogP contribution is 2.20. The maximum Gasteiger partial charge on any atom is 0.0110 e. The van der Waals surface area contributed by atoms with E-state index in [-0.39, 0.29) is 0 Å². The highest BCUT2D eigenvalue weighted by atomic mass is 15.3. The van der Waals surface area contributed by atoms with Crippen molar-refractivity contribution >= 4 is 0 Å². The monoisotopic (exact) mass is 308 g/mol. The standard InChI is InChI=1S/C18H36N4/c1-19-7-3-17(4-8-19)15-21-11-13-22(14-12-21)16-18-5-9-20(2)10-6-18/h17-18H,3-16H2,1-2H3. The molecule has 3 rings (SSSR count). The Bertz CT molecular complexity index is 279. The van der Waals surface area contributed by atoms with E-state index in [0.29, 0.717) is 0 Å². The fourth-order valence-electron chi connectivity index (χ4n) is 4.37. The van der Waals surface area contributed by atoms with Crippen LogP contribution in [-0.2, 0) is 0 Å². The van der Waals surface area contributed by atoms with Crippen molar-refractivity contribution in [2.45, 2.75) is 25.7 Å². The molecule has 22 heavy (non-hydrogen) atoms. The molecule has 4 nitrogen and oxygen atoms in total. The number of nitrogens with zero attached hydrogens (tertiary/aromatic N) is 4. The zero-order chi connectivity index (χ0) is 15.4. The molecule has 0 aromatic heterocycles. The van der Waals surface area contributed by atoms with E-state index in [1.165, 1.54) is 91.1 Å². The van der Waals surface area contributed by atoms with Gasteiger partial charge in [0.05, 0.1) is 0 Å². The van der Waals surface area contributed by atoms with E-state index in [1.54, 1.807) is 0 Å². The van der Waals surface area contributed by atoms with E-state index in [1.807, 2.05) is 0 Å². The Morgan fingerprint density at radius 2 is 0.864 bits per heavy atom. The third-order valence-electron chi connectivity index (χ3n) is 6.17. The lowest BCUT2D eigenvalue weighted by Gasteiger charge is -2.40. The summed E-state index contributed by atoms with van der Waals surface area (Å²) in [6, 6.07) is 0. The Kier molecular flexibility index (Phi) is 6.14. The number of hydrogen-bond donors (Lipinski definition) is 0. The molecule has 0 radical (unpaired) electrons. The van der Waals surface area contributed by atoms with Crippen molar-refractivity contribution in [1.29, 1.82) is 0 Å². The molecule has 0 amide bonds. The number of hydrogen-bond acceptors (Lipinski definition) is 4. The first-order valence-electron chi connectivity index (χ1n) is 9.51. The van der Waals surface area contributed by atoms with Crippen LogP contribution in [0.4, 0.5) is 0 Å². The summed E-state index contributed by atoms with van der Waals surface area (Å²) in [5, 5.41) is 0. The first-order valence-corrected chi connectivity index (χ1v) is 9.51. The molecule has 0 unspecified atom stereocenters. The van der Waals surface area contributed by atoms with Crippen molar-refractivity contribution < 1.29 is 0 Å². The second-order valence-electron chi connectivity index (χ2n) is 8.09. The zero-order valence-corrected chi connectivity index (χ0v) is 14.8. The minimum absolute atomic E-state index is 0.955. The van der Waals surface area contributed by atoms with E-state index in [4.69, 9.17) is 0 Å². The van der Waals surface area contributed by atoms with Crippen LogP contribution in [0.2, 0.25) is 0 Å². The highest BCUT2D eigenvalue weighted by molar-refractivity contribution is 4.80. The summed E-state index contributed by atoms with van der Waals surface area (Å²) in [6.45, 7) is 13.2. The summed E-state index contributed by atoms with van der Waals surface area (Å²) < 4.78 is 0. The lowest BCUT2D eigenvalue weighted by molar-refractivity contribution is 0.0810. The van der Waals surface area contributed by atoms with E-state index < -0.39 is 0 Å². The molecule has 0 atom stereocenters. The fourth-order valence-corrected chi connectivity index (χ4v) is 4.37. The first kappa shape index (κ1) is 16.7. The van der Waals surface area contributed by atoms with Crippen LogP contribution in [0.1, 0.15) is 25.7 Å². The first-order chi connectivity index (χ1) is 10.7. The van der Waals surface area contributed by atoms with Crippen LogP contribution in [0, 0.1) is 11.8 Å². The number of likely N-dealkylation sites (tertiary alicyclic amines) is 2. The molecule has 0 aromatic carbocycles. The predicted molar refractivity (Wildman–Crippen MR) is 93.3 cm³/mol. The van der Waals surface area contributed by atoms with Gasteiger partial charge in [-0.05, 0) is 77.8 Å². The van der Waals surface area contributed by atoms with Gasteiger partial charge in [-0.3, -0.25) is 0 Å². The number of rotatable bonds is 4. The van der Waals surface area contributed by atoms with E-state index >= 15 is 0 Å². The molecule has 3 aliphatic heterocycles. The van der Waals surface area contributed by atoms with Gasteiger partial charge in [-0.25, -0.2) is 0 Å². The van der Waals surface area contributed by atoms with Crippen molar-refractivity contribution in [3.63, 3.8) is 0 Å². The normalized spacial score (nSPS) is 29.2. The van der Waals surface area contributed by atoms with Crippen molar-refractivity contribution in [1.82, 2.24) is 19.6 Å². The summed E-state index contributed by atoms with van der Waals surface area (Å²) in [5.41, 5.74) is 0. The number of piperidine rings is 2. The van der Waals surface area contributed by atoms with Gasteiger partial charge in [-0.2, -0.15) is 0 Å². The minimum Gasteiger partial charge on any atom is -0.306 e. The van der Waals surface area contributed by atoms with Crippen molar-refractivity contribution in [2.75, 3.05) is 79.5 Å². The van der Waals surface area contributed by atoms with Gasteiger partial charge >= 0.3 is 0 Å². The summed E-state index contributed by atoms with van der Waals surface area (Å²) in [5.74, 6) is 1.91. The van der Waals surface area contributed by atoms with Crippen LogP contribution in [0.5, 0.6) is 0 Å². The van der Waals surface area contributed by atoms with Gasteiger partial charge < -0.3 is 19.6 Å². The van der Waals surface area contributed by atoms with Crippen LogP contribution >= 0.6 is 0 Å². The van der Waals surface area contributed by atoms with Crippen molar-refractivity contribution in [2.24, 2.45) is 11.8 Å². The molecule has 128 valence electrons. The molecular formula is C18H36N4. The topological polar surface area (TPSA) is 13.0 Å². The molecule has 3 fully saturated rings. The van der Waals surface area contributed by atoms with Crippen LogP contribution in [0.15, 0.2) is 0 Å². The Morgan fingerprint density at radius 3 is 1.18 bits per heavy atom. The zero-order valence-electron chi connectivity index (χ0n) is 14.8. The van der Waals surface area contributed by atoms with Gasteiger partial charge in [0.1, 0.15) is 0 Å². The maximum absolute atomic E-state index is 2.74. The Morgan fingerprint density at radius 1 is 0.545 bits per heavy atom. The molecule has 0 N–H and O–H groups in total. The molecule has 4 heteroatoms. The van der Waals surface area contributed by atoms with Crippen LogP contribution in [0.3, 0.4) is 0 Å². The molecule has 0 aromatic rings. The molecule has 3 heterocycles. The lowest BCUT2D eigenvalue weighted by atomic mass is 9.95. The van der Waals surface area contributed by atoms with E-state index in [9.17, 15) is 0 Å². The minimum atomic E-state index is 0.955. The van der Waals surface area contributed by atoms with Crippen LogP contribution < -0.4 is 0 Å². The Balaban J connectivity index is 1.32. The predicted octanol–water partition coefficient (Wildman–Crippen LogP) is 1.29. The van der Waals surface area contributed by atoms with Gasteiger partial charge in [0, 0.05) is 39.3 Å². The third-order valence-corrected chi connectivity index (χ3v) is 6.17. The molecule has 0 aliphatic carbocycles. The molecule has 3 aliphatic rings. The largest absolute Gasteiger partial charge is 0.306 e. The second-order valence-corrected chi connectivity index (χ2v) is 8.09. The van der Waals surface area contributed by atoms with Gasteiger partial charge in [0.2, 0.25) is 0 Å². The summed E-state index contributed by atoms with van der Waals surface area (Å²) in [6.07, 6.45) is 5.64. The lowest BCUT2D eigenvalue weighted by Crippen LogP contribution is -2.50. The average molecular weight is 309 g/mol. The number of piperazine rings is 1. The smallest absolute Gasteiger partial charge is 0.0110 e. The quantitative estimate of drug-likeness (QED) is 0.776. The van der Waals surface area contributed by atoms with Crippen molar-refractivity contribution in [3.05, 3.63) is 0 Å². The second kappa shape index (κ2) is 8.09. The van der Waals surface area contributed by atoms with E-state index in [2.05, 4.69) is 33.7 Å². The molecular weight excluding hydrogens is 272 g/mol. The average Bonchev–Trinajstić information content (AvgIpc) is 2.54. The van der Waals surface area contributed by atoms with Crippen LogP contribution in [0.25, 0.3) is 0 Å². The molecule has 3 saturated heterocycles. The molecule has 0 spiro atoms. The van der Waals surface area contributed by atoms with Crippen LogP contribution in [-0.4, -0.2) is 99.1 Å². The fraction of sp³-hybridized carbons (Fsp3) is 1.00. The van der Waals surface area contributed by atoms with Crippen molar-refractivity contribution in [3.8, 4) is 0 Å². The van der Waals surface area contributed by atoms with Gasteiger partial charge in [0.15, 0.2) is 0 Å².